The summed E-state index contributed by atoms with van der Waals surface area (Å²) in [5, 5.41) is 8.79. The van der Waals surface area contributed by atoms with E-state index in [9.17, 15) is 22.8 Å². The van der Waals surface area contributed by atoms with Gasteiger partial charge in [0.25, 0.3) is 0 Å². The lowest BCUT2D eigenvalue weighted by molar-refractivity contribution is -0.161. The van der Waals surface area contributed by atoms with E-state index < -0.39 is 24.6 Å². The van der Waals surface area contributed by atoms with Crippen LogP contribution < -0.4 is 0 Å². The Balaban J connectivity index is 2.61. The third kappa shape index (κ3) is 7.17. The number of hydrogen-bond acceptors (Lipinski definition) is 2. The van der Waals surface area contributed by atoms with Gasteiger partial charge >= 0.3 is 12.1 Å². The van der Waals surface area contributed by atoms with Crippen molar-refractivity contribution in [2.24, 2.45) is 0 Å². The zero-order valence-corrected chi connectivity index (χ0v) is 12.9. The van der Waals surface area contributed by atoms with E-state index in [0.717, 1.165) is 4.90 Å². The number of carbonyl (C=O) groups is 2. The molecule has 0 aliphatic carbocycles. The average Bonchev–Trinajstić information content (AvgIpc) is 2.48. The summed E-state index contributed by atoms with van der Waals surface area (Å²) in [6, 6.07) is 5.95. The Morgan fingerprint density at radius 2 is 1.78 bits per heavy atom. The number of aromatic carboxylic acids is 1. The Morgan fingerprint density at radius 1 is 1.17 bits per heavy atom. The van der Waals surface area contributed by atoms with Crippen LogP contribution in [0.2, 0.25) is 0 Å². The molecule has 1 rings (SSSR count). The first-order valence-corrected chi connectivity index (χ1v) is 7.39. The Labute approximate surface area is 132 Å². The zero-order chi connectivity index (χ0) is 17.5. The van der Waals surface area contributed by atoms with Crippen molar-refractivity contribution < 1.29 is 27.9 Å². The van der Waals surface area contributed by atoms with E-state index >= 15 is 0 Å². The van der Waals surface area contributed by atoms with Gasteiger partial charge in [-0.2, -0.15) is 13.2 Å². The minimum absolute atomic E-state index is 0.0355. The monoisotopic (exact) mass is 331 g/mol. The molecule has 1 amide bonds. The second kappa shape index (κ2) is 8.55. The van der Waals surface area contributed by atoms with Gasteiger partial charge in [0.1, 0.15) is 6.54 Å². The van der Waals surface area contributed by atoms with Crippen LogP contribution in [0.1, 0.15) is 42.1 Å². The van der Waals surface area contributed by atoms with Gasteiger partial charge in [-0.3, -0.25) is 4.79 Å². The van der Waals surface area contributed by atoms with Crippen LogP contribution in [0.25, 0.3) is 0 Å². The Bertz CT molecular complexity index is 526. The number of rotatable bonds is 8. The SMILES string of the molecule is CCCCN(CC(F)(F)F)C(=O)CCc1ccc(C(=O)O)cc1. The summed E-state index contributed by atoms with van der Waals surface area (Å²) in [5.41, 5.74) is 0.840. The molecule has 1 aromatic rings. The van der Waals surface area contributed by atoms with E-state index in [0.29, 0.717) is 18.4 Å². The van der Waals surface area contributed by atoms with Crippen molar-refractivity contribution in [1.29, 1.82) is 0 Å². The highest BCUT2D eigenvalue weighted by atomic mass is 19.4. The average molecular weight is 331 g/mol. The smallest absolute Gasteiger partial charge is 0.406 e. The molecule has 7 heteroatoms. The van der Waals surface area contributed by atoms with Crippen LogP contribution in [0, 0.1) is 0 Å². The van der Waals surface area contributed by atoms with Gasteiger partial charge in [-0.05, 0) is 30.5 Å². The lowest BCUT2D eigenvalue weighted by atomic mass is 10.1. The van der Waals surface area contributed by atoms with Crippen molar-refractivity contribution in [3.63, 3.8) is 0 Å². The van der Waals surface area contributed by atoms with Gasteiger partial charge in [-0.1, -0.05) is 25.5 Å². The predicted octanol–water partition coefficient (Wildman–Crippen LogP) is 3.51. The fraction of sp³-hybridized carbons (Fsp3) is 0.500. The van der Waals surface area contributed by atoms with E-state index in [-0.39, 0.29) is 24.9 Å². The second-order valence-electron chi connectivity index (χ2n) is 5.29. The molecular weight excluding hydrogens is 311 g/mol. The maximum atomic E-state index is 12.5. The summed E-state index contributed by atoms with van der Waals surface area (Å²) in [7, 11) is 0. The van der Waals surface area contributed by atoms with Crippen molar-refractivity contribution in [2.75, 3.05) is 13.1 Å². The number of halogens is 3. The van der Waals surface area contributed by atoms with Crippen molar-refractivity contribution in [3.05, 3.63) is 35.4 Å². The lowest BCUT2D eigenvalue weighted by Crippen LogP contribution is -2.39. The number of carboxylic acid groups (broad SMARTS) is 1. The normalized spacial score (nSPS) is 11.3. The molecule has 0 aromatic heterocycles. The number of unbranched alkanes of at least 4 members (excludes halogenated alkanes) is 1. The third-order valence-corrected chi connectivity index (χ3v) is 3.33. The van der Waals surface area contributed by atoms with Crippen LogP contribution in [0.4, 0.5) is 13.2 Å². The van der Waals surface area contributed by atoms with Gasteiger partial charge in [-0.25, -0.2) is 4.79 Å². The first-order chi connectivity index (χ1) is 10.7. The quantitative estimate of drug-likeness (QED) is 0.793. The van der Waals surface area contributed by atoms with E-state index in [2.05, 4.69) is 0 Å². The van der Waals surface area contributed by atoms with Crippen molar-refractivity contribution in [1.82, 2.24) is 4.90 Å². The number of nitrogens with zero attached hydrogens (tertiary/aromatic N) is 1. The molecule has 128 valence electrons. The molecule has 0 radical (unpaired) electrons. The first kappa shape index (κ1) is 19.0. The van der Waals surface area contributed by atoms with Crippen LogP contribution in [0.15, 0.2) is 24.3 Å². The molecule has 0 aliphatic heterocycles. The highest BCUT2D eigenvalue weighted by Crippen LogP contribution is 2.18. The number of aryl methyl sites for hydroxylation is 1. The fourth-order valence-corrected chi connectivity index (χ4v) is 2.08. The van der Waals surface area contributed by atoms with Crippen LogP contribution in [-0.4, -0.2) is 41.1 Å². The number of hydrogen-bond donors (Lipinski definition) is 1. The molecule has 0 saturated heterocycles. The molecule has 0 fully saturated rings. The van der Waals surface area contributed by atoms with E-state index in [4.69, 9.17) is 5.11 Å². The van der Waals surface area contributed by atoms with Crippen molar-refractivity contribution in [2.45, 2.75) is 38.8 Å². The fourth-order valence-electron chi connectivity index (χ4n) is 2.08. The molecule has 0 aliphatic rings. The zero-order valence-electron chi connectivity index (χ0n) is 12.9. The molecule has 4 nitrogen and oxygen atoms in total. The number of alkyl halides is 3. The van der Waals surface area contributed by atoms with Gasteiger partial charge in [0, 0.05) is 13.0 Å². The Kier molecular flexibility index (Phi) is 7.06. The predicted molar refractivity (Wildman–Crippen MR) is 79.3 cm³/mol. The second-order valence-corrected chi connectivity index (χ2v) is 5.29. The summed E-state index contributed by atoms with van der Waals surface area (Å²) in [4.78, 5) is 23.6. The minimum Gasteiger partial charge on any atom is -0.478 e. The lowest BCUT2D eigenvalue weighted by Gasteiger charge is -2.24. The third-order valence-electron chi connectivity index (χ3n) is 3.33. The van der Waals surface area contributed by atoms with E-state index in [1.807, 2.05) is 6.92 Å². The standard InChI is InChI=1S/C16H20F3NO3/c1-2-3-10-20(11-16(17,18)19)14(21)9-6-12-4-7-13(8-5-12)15(22)23/h4-5,7-8H,2-3,6,9-11H2,1H3,(H,22,23). The van der Waals surface area contributed by atoms with Crippen LogP contribution in [-0.2, 0) is 11.2 Å². The highest BCUT2D eigenvalue weighted by molar-refractivity contribution is 5.87. The maximum Gasteiger partial charge on any atom is 0.406 e. The molecule has 0 heterocycles. The van der Waals surface area contributed by atoms with Crippen LogP contribution in [0.3, 0.4) is 0 Å². The molecule has 23 heavy (non-hydrogen) atoms. The van der Waals surface area contributed by atoms with Gasteiger partial charge < -0.3 is 10.0 Å². The minimum atomic E-state index is -4.41. The molecule has 1 aromatic carbocycles. The molecule has 0 unspecified atom stereocenters. The van der Waals surface area contributed by atoms with Crippen molar-refractivity contribution in [3.8, 4) is 0 Å². The number of carbonyl (C=O) groups excluding carboxylic acids is 1. The van der Waals surface area contributed by atoms with Crippen LogP contribution in [0.5, 0.6) is 0 Å². The van der Waals surface area contributed by atoms with Gasteiger partial charge in [0.15, 0.2) is 0 Å². The Hall–Kier alpha value is -2.05. The summed E-state index contributed by atoms with van der Waals surface area (Å²) < 4.78 is 37.6. The molecule has 0 saturated carbocycles. The number of amides is 1. The Morgan fingerprint density at radius 3 is 2.26 bits per heavy atom. The summed E-state index contributed by atoms with van der Waals surface area (Å²) in [6.07, 6.45) is -2.94. The van der Waals surface area contributed by atoms with Gasteiger partial charge in [0.2, 0.25) is 5.91 Å². The van der Waals surface area contributed by atoms with Crippen molar-refractivity contribution >= 4 is 11.9 Å². The largest absolute Gasteiger partial charge is 0.478 e. The number of carboxylic acids is 1. The van der Waals surface area contributed by atoms with E-state index in [1.54, 1.807) is 12.1 Å². The van der Waals surface area contributed by atoms with Gasteiger partial charge in [0.05, 0.1) is 5.56 Å². The highest BCUT2D eigenvalue weighted by Gasteiger charge is 2.32. The van der Waals surface area contributed by atoms with Crippen LogP contribution >= 0.6 is 0 Å². The molecule has 0 atom stereocenters. The first-order valence-electron chi connectivity index (χ1n) is 7.39. The summed E-state index contributed by atoms with van der Waals surface area (Å²) in [6.45, 7) is 0.705. The topological polar surface area (TPSA) is 57.6 Å². The van der Waals surface area contributed by atoms with E-state index in [1.165, 1.54) is 12.1 Å². The molecule has 0 spiro atoms. The summed E-state index contributed by atoms with van der Waals surface area (Å²) >= 11 is 0. The maximum absolute atomic E-state index is 12.5. The summed E-state index contributed by atoms with van der Waals surface area (Å²) in [5.74, 6) is -1.60. The molecule has 0 bridgehead atoms. The molecule has 1 N–H and O–H groups in total. The molecular formula is C16H20F3NO3. The number of benzene rings is 1. The van der Waals surface area contributed by atoms with Gasteiger partial charge in [-0.15, -0.1) is 0 Å².